The Labute approximate surface area is 484 Å². The fourth-order valence-electron chi connectivity index (χ4n) is 11.1. The molecule has 6 rings (SSSR count). The molecule has 3 aromatic rings. The van der Waals surface area contributed by atoms with Crippen molar-refractivity contribution >= 4 is 52.6 Å². The number of fused-ring (bicyclic) bond motifs is 2. The van der Waals surface area contributed by atoms with Gasteiger partial charge in [0.1, 0.15) is 42.5 Å². The summed E-state index contributed by atoms with van der Waals surface area (Å²) in [5.74, 6) is -3.49. The van der Waals surface area contributed by atoms with E-state index in [1.807, 2.05) is 24.3 Å². The molecule has 0 aromatic heterocycles. The minimum absolute atomic E-state index is 0.0132. The standard InChI is InChI=1S/C66H86N4O12/c1-7-9-15-39-69-56-23-13-11-21-53(56)65(3,4)58(69)34-28-47-19-17-20-48(29-35-59-66(5,6)54-22-12-14-24-57(54)70(59)40-16-10-8-2)61(47)82-52-31-26-46(27-32-52)43-49(62(75)76)44-51(72)37-42-81-45-80-41-36-50(71)30-33-55(63(77)78)68-64(79)67-38-18-25-60(73)74/h11-14,21-24,26-29,31-32,34-35,49,55H,7-10,15-20,25,30,33,36-45H2,1-6H3,(H4-,67,68,73,74,75,76,77,78,79)/p+1/t49-,55-/m0/s1. The second-order valence-electron chi connectivity index (χ2n) is 22.7. The van der Waals surface area contributed by atoms with Crippen LogP contribution in [0.15, 0.2) is 120 Å². The Bertz CT molecular complexity index is 2880. The zero-order valence-corrected chi connectivity index (χ0v) is 49.1. The van der Waals surface area contributed by atoms with Crippen molar-refractivity contribution in [2.45, 2.75) is 168 Å². The van der Waals surface area contributed by atoms with Crippen LogP contribution in [0.25, 0.3) is 0 Å². The number of unbranched alkanes of at least 4 members (excludes halogenated alkanes) is 4. The molecule has 2 heterocycles. The van der Waals surface area contributed by atoms with Gasteiger partial charge in [-0.05, 0) is 118 Å². The Kier molecular flexibility index (Phi) is 24.4. The number of benzene rings is 3. The summed E-state index contributed by atoms with van der Waals surface area (Å²) < 4.78 is 20.3. The highest BCUT2D eigenvalue weighted by Crippen LogP contribution is 2.48. The third-order valence-electron chi connectivity index (χ3n) is 15.8. The summed E-state index contributed by atoms with van der Waals surface area (Å²) in [6.07, 6.45) is 18.3. The molecule has 2 aliphatic heterocycles. The molecule has 2 atom stereocenters. The van der Waals surface area contributed by atoms with Crippen LogP contribution < -0.4 is 20.3 Å². The van der Waals surface area contributed by atoms with Crippen molar-refractivity contribution in [3.05, 3.63) is 136 Å². The minimum atomic E-state index is -1.32. The molecular formula is C66H87N4O12+. The number of rotatable bonds is 35. The first-order valence-electron chi connectivity index (χ1n) is 29.5. The van der Waals surface area contributed by atoms with Gasteiger partial charge in [-0.2, -0.15) is 4.58 Å². The first-order chi connectivity index (χ1) is 39.3. The number of nitrogens with one attached hydrogen (secondary N) is 2. The second kappa shape index (κ2) is 31.3. The summed E-state index contributed by atoms with van der Waals surface area (Å²) in [6.45, 7) is 15.4. The number of anilines is 1. The number of amides is 2. The number of hydrogen-bond donors (Lipinski definition) is 5. The van der Waals surface area contributed by atoms with Crippen LogP contribution in [0.1, 0.15) is 161 Å². The molecule has 0 saturated carbocycles. The van der Waals surface area contributed by atoms with Crippen LogP contribution in [-0.4, -0.2) is 107 Å². The average Bonchev–Trinajstić information content (AvgIpc) is 3.30. The summed E-state index contributed by atoms with van der Waals surface area (Å²) in [5.41, 5.74) is 10.3. The Balaban J connectivity index is 1.10. The fourth-order valence-corrected chi connectivity index (χ4v) is 11.1. The van der Waals surface area contributed by atoms with Crippen LogP contribution >= 0.6 is 0 Å². The summed E-state index contributed by atoms with van der Waals surface area (Å²) >= 11 is 0. The minimum Gasteiger partial charge on any atom is -0.481 e. The van der Waals surface area contributed by atoms with Crippen LogP contribution in [-0.2, 0) is 50.7 Å². The van der Waals surface area contributed by atoms with Crippen molar-refractivity contribution in [2.75, 3.05) is 44.5 Å². The quantitative estimate of drug-likeness (QED) is 0.0210. The molecule has 82 heavy (non-hydrogen) atoms. The number of para-hydroxylation sites is 2. The van der Waals surface area contributed by atoms with Gasteiger partial charge < -0.3 is 45.1 Å². The number of carboxylic acid groups (broad SMARTS) is 3. The van der Waals surface area contributed by atoms with Crippen molar-refractivity contribution in [1.29, 1.82) is 0 Å². The van der Waals surface area contributed by atoms with Gasteiger partial charge in [0.2, 0.25) is 5.69 Å². The lowest BCUT2D eigenvalue weighted by atomic mass is 9.81. The summed E-state index contributed by atoms with van der Waals surface area (Å²) in [6, 6.07) is 22.9. The van der Waals surface area contributed by atoms with Crippen molar-refractivity contribution in [3.8, 4) is 5.75 Å². The second-order valence-corrected chi connectivity index (χ2v) is 22.7. The molecule has 16 nitrogen and oxygen atoms in total. The molecule has 3 aromatic carbocycles. The summed E-state index contributed by atoms with van der Waals surface area (Å²) in [5, 5.41) is 33.1. The van der Waals surface area contributed by atoms with E-state index in [0.717, 1.165) is 93.3 Å². The number of carboxylic acids is 3. The number of carbonyl (C=O) groups is 6. The molecule has 2 amide bonds. The molecule has 0 radical (unpaired) electrons. The van der Waals surface area contributed by atoms with Gasteiger partial charge in [0, 0.05) is 86.1 Å². The Morgan fingerprint density at radius 3 is 2.10 bits per heavy atom. The van der Waals surface area contributed by atoms with E-state index in [2.05, 4.69) is 134 Å². The monoisotopic (exact) mass is 1130 g/mol. The van der Waals surface area contributed by atoms with Crippen molar-refractivity contribution in [2.24, 2.45) is 5.92 Å². The third-order valence-corrected chi connectivity index (χ3v) is 15.8. The number of Topliss-reactive ketones (excluding diaryl/α,β-unsaturated/α-hetero) is 2. The maximum absolute atomic E-state index is 13.0. The zero-order chi connectivity index (χ0) is 59.2. The van der Waals surface area contributed by atoms with E-state index in [1.165, 1.54) is 33.9 Å². The van der Waals surface area contributed by atoms with E-state index in [9.17, 15) is 39.0 Å². The van der Waals surface area contributed by atoms with Crippen LogP contribution in [0.4, 0.5) is 16.2 Å². The third kappa shape index (κ3) is 17.9. The van der Waals surface area contributed by atoms with Gasteiger partial charge >= 0.3 is 23.9 Å². The van der Waals surface area contributed by atoms with Gasteiger partial charge in [0.25, 0.3) is 0 Å². The molecule has 1 aliphatic carbocycles. The summed E-state index contributed by atoms with van der Waals surface area (Å²) in [7, 11) is 0. The van der Waals surface area contributed by atoms with Crippen molar-refractivity contribution in [3.63, 3.8) is 0 Å². The molecule has 5 N–H and O–H groups in total. The van der Waals surface area contributed by atoms with E-state index in [4.69, 9.17) is 19.3 Å². The Hall–Kier alpha value is -7.17. The number of hydrogen-bond acceptors (Lipinski definition) is 10. The van der Waals surface area contributed by atoms with Crippen LogP contribution in [0, 0.1) is 5.92 Å². The van der Waals surface area contributed by atoms with Gasteiger partial charge in [0.15, 0.2) is 5.71 Å². The predicted molar refractivity (Wildman–Crippen MR) is 318 cm³/mol. The predicted octanol–water partition coefficient (Wildman–Crippen LogP) is 12.1. The number of aliphatic carboxylic acids is 3. The van der Waals surface area contributed by atoms with E-state index in [0.29, 0.717) is 5.75 Å². The molecule has 0 unspecified atom stereocenters. The summed E-state index contributed by atoms with van der Waals surface area (Å²) in [4.78, 5) is 74.7. The van der Waals surface area contributed by atoms with Gasteiger partial charge in [-0.3, -0.25) is 19.2 Å². The Morgan fingerprint density at radius 2 is 1.40 bits per heavy atom. The lowest BCUT2D eigenvalue weighted by Crippen LogP contribution is -2.46. The topological polar surface area (TPSA) is 221 Å². The smallest absolute Gasteiger partial charge is 0.326 e. The number of carbonyl (C=O) groups excluding carboxylic acids is 3. The number of nitrogens with zero attached hydrogens (tertiary/aromatic N) is 2. The van der Waals surface area contributed by atoms with Crippen molar-refractivity contribution in [1.82, 2.24) is 10.6 Å². The number of urea groups is 1. The highest BCUT2D eigenvalue weighted by Gasteiger charge is 2.44. The first-order valence-corrected chi connectivity index (χ1v) is 29.5. The van der Waals surface area contributed by atoms with E-state index >= 15 is 0 Å². The number of allylic oxidation sites excluding steroid dienone is 7. The van der Waals surface area contributed by atoms with Crippen LogP contribution in [0.5, 0.6) is 5.75 Å². The van der Waals surface area contributed by atoms with Crippen LogP contribution in [0.3, 0.4) is 0 Å². The van der Waals surface area contributed by atoms with Gasteiger partial charge in [-0.15, -0.1) is 0 Å². The molecule has 16 heteroatoms. The number of ketones is 2. The molecule has 442 valence electrons. The van der Waals surface area contributed by atoms with E-state index in [1.54, 1.807) is 0 Å². The van der Waals surface area contributed by atoms with E-state index < -0.39 is 35.9 Å². The Morgan fingerprint density at radius 1 is 0.720 bits per heavy atom. The van der Waals surface area contributed by atoms with Crippen molar-refractivity contribution < 1.29 is 62.9 Å². The van der Waals surface area contributed by atoms with Crippen LogP contribution in [0.2, 0.25) is 0 Å². The highest BCUT2D eigenvalue weighted by molar-refractivity contribution is 6.03. The molecular weight excluding hydrogens is 1040 g/mol. The molecule has 0 fully saturated rings. The highest BCUT2D eigenvalue weighted by atomic mass is 16.7. The number of ether oxygens (including phenoxy) is 3. The fraction of sp³-hybridized carbons (Fsp3) is 0.500. The lowest BCUT2D eigenvalue weighted by molar-refractivity contribution is -0.438. The molecule has 0 spiro atoms. The lowest BCUT2D eigenvalue weighted by Gasteiger charge is -2.27. The van der Waals surface area contributed by atoms with Gasteiger partial charge in [-0.25, -0.2) is 9.59 Å². The average molecular weight is 1130 g/mol. The maximum Gasteiger partial charge on any atom is 0.326 e. The molecule has 0 bridgehead atoms. The molecule has 3 aliphatic rings. The largest absolute Gasteiger partial charge is 0.481 e. The normalized spacial score (nSPS) is 17.0. The molecule has 0 saturated heterocycles. The maximum atomic E-state index is 13.0. The van der Waals surface area contributed by atoms with Gasteiger partial charge in [0.05, 0.1) is 24.5 Å². The first kappa shape index (κ1) is 64.0. The van der Waals surface area contributed by atoms with E-state index in [-0.39, 0.29) is 100 Å². The SMILES string of the molecule is CCCCCN1/C(=C/C=C2\CCCC(/C=C/C3=[N+](CCCCC)c4ccccc4C3(C)C)=C2Oc2ccc(C[C@@H](CC(=O)CCOCOCCC(=O)CC[C@H](NC(=O)NCCCC(=O)O)C(=O)O)C(=O)O)cc2)C(C)(C)c2ccccc21. The zero-order valence-electron chi connectivity index (χ0n) is 49.1. The van der Waals surface area contributed by atoms with Gasteiger partial charge in [-0.1, -0.05) is 102 Å².